The van der Waals surface area contributed by atoms with Crippen molar-refractivity contribution >= 4 is 28.9 Å². The van der Waals surface area contributed by atoms with Gasteiger partial charge in [-0.2, -0.15) is 0 Å². The molecule has 1 N–H and O–H groups in total. The summed E-state index contributed by atoms with van der Waals surface area (Å²) in [7, 11) is 0. The van der Waals surface area contributed by atoms with E-state index in [9.17, 15) is 9.18 Å². The molecule has 1 amide bonds. The Balaban J connectivity index is 1.60. The standard InChI is InChI=1S/C21H25ClFN3O/c1-14-5-4-6-20(15(14)2)26-11-9-25(10-12-26)16(3)21(27)24-19-8-7-17(23)13-18(19)22/h4-8,13,16H,9-12H2,1-3H3,(H,24,27)/t16-/m0/s1. The van der Waals surface area contributed by atoms with E-state index in [2.05, 4.69) is 47.2 Å². The third-order valence-electron chi connectivity index (χ3n) is 5.35. The minimum Gasteiger partial charge on any atom is -0.369 e. The molecule has 0 bridgehead atoms. The van der Waals surface area contributed by atoms with Crippen LogP contribution in [0.4, 0.5) is 15.8 Å². The summed E-state index contributed by atoms with van der Waals surface area (Å²) in [6, 6.07) is 10.1. The first-order valence-corrected chi connectivity index (χ1v) is 9.55. The lowest BCUT2D eigenvalue weighted by Crippen LogP contribution is -2.53. The van der Waals surface area contributed by atoms with Gasteiger partial charge in [0, 0.05) is 31.9 Å². The molecular formula is C21H25ClFN3O. The number of anilines is 2. The third-order valence-corrected chi connectivity index (χ3v) is 5.66. The van der Waals surface area contributed by atoms with Crippen LogP contribution in [0.5, 0.6) is 0 Å². The molecule has 1 fully saturated rings. The number of hydrogen-bond acceptors (Lipinski definition) is 3. The van der Waals surface area contributed by atoms with Crippen molar-refractivity contribution in [2.45, 2.75) is 26.8 Å². The van der Waals surface area contributed by atoms with Crippen LogP contribution < -0.4 is 10.2 Å². The Hall–Kier alpha value is -2.11. The van der Waals surface area contributed by atoms with E-state index < -0.39 is 5.82 Å². The summed E-state index contributed by atoms with van der Waals surface area (Å²) in [6.07, 6.45) is 0. The molecule has 0 radical (unpaired) electrons. The molecule has 1 saturated heterocycles. The van der Waals surface area contributed by atoms with Crippen LogP contribution in [-0.4, -0.2) is 43.0 Å². The SMILES string of the molecule is Cc1cccc(N2CCN([C@@H](C)C(=O)Nc3ccc(F)cc3Cl)CC2)c1C. The quantitative estimate of drug-likeness (QED) is 0.849. The zero-order chi connectivity index (χ0) is 19.6. The number of rotatable bonds is 4. The van der Waals surface area contributed by atoms with Gasteiger partial charge in [-0.25, -0.2) is 4.39 Å². The summed E-state index contributed by atoms with van der Waals surface area (Å²) >= 11 is 6.00. The van der Waals surface area contributed by atoms with Crippen LogP contribution in [0.2, 0.25) is 5.02 Å². The number of carbonyl (C=O) groups is 1. The molecule has 0 unspecified atom stereocenters. The normalized spacial score (nSPS) is 16.3. The monoisotopic (exact) mass is 389 g/mol. The van der Waals surface area contributed by atoms with Crippen LogP contribution >= 0.6 is 11.6 Å². The van der Waals surface area contributed by atoms with Crippen molar-refractivity contribution in [1.29, 1.82) is 0 Å². The molecule has 1 heterocycles. The molecule has 0 aromatic heterocycles. The average molecular weight is 390 g/mol. The minimum absolute atomic E-state index is 0.135. The summed E-state index contributed by atoms with van der Waals surface area (Å²) in [5, 5.41) is 3.01. The lowest BCUT2D eigenvalue weighted by atomic mass is 10.1. The van der Waals surface area contributed by atoms with Gasteiger partial charge < -0.3 is 10.2 Å². The molecule has 1 aliphatic rings. The molecule has 3 rings (SSSR count). The zero-order valence-electron chi connectivity index (χ0n) is 15.9. The molecule has 2 aromatic rings. The number of carbonyl (C=O) groups excluding carboxylic acids is 1. The van der Waals surface area contributed by atoms with Gasteiger partial charge in [0.2, 0.25) is 5.91 Å². The van der Waals surface area contributed by atoms with Crippen molar-refractivity contribution in [3.05, 3.63) is 58.4 Å². The summed E-state index contributed by atoms with van der Waals surface area (Å²) in [6.45, 7) is 9.53. The van der Waals surface area contributed by atoms with E-state index in [-0.39, 0.29) is 17.0 Å². The van der Waals surface area contributed by atoms with Crippen LogP contribution in [-0.2, 0) is 4.79 Å². The topological polar surface area (TPSA) is 35.6 Å². The Morgan fingerprint density at radius 2 is 1.85 bits per heavy atom. The average Bonchev–Trinajstić information content (AvgIpc) is 2.66. The number of aryl methyl sites for hydroxylation is 1. The number of hydrogen-bond donors (Lipinski definition) is 1. The van der Waals surface area contributed by atoms with Gasteiger partial charge >= 0.3 is 0 Å². The van der Waals surface area contributed by atoms with Gasteiger partial charge in [-0.1, -0.05) is 23.7 Å². The van der Waals surface area contributed by atoms with Crippen LogP contribution in [0.3, 0.4) is 0 Å². The molecule has 27 heavy (non-hydrogen) atoms. The second kappa shape index (κ2) is 8.28. The molecule has 6 heteroatoms. The van der Waals surface area contributed by atoms with Crippen molar-refractivity contribution in [1.82, 2.24) is 4.90 Å². The number of nitrogens with zero attached hydrogens (tertiary/aromatic N) is 2. The molecular weight excluding hydrogens is 365 g/mol. The van der Waals surface area contributed by atoms with Crippen LogP contribution in [0, 0.1) is 19.7 Å². The zero-order valence-corrected chi connectivity index (χ0v) is 16.7. The second-order valence-corrected chi connectivity index (χ2v) is 7.44. The third kappa shape index (κ3) is 4.42. The Morgan fingerprint density at radius 3 is 2.52 bits per heavy atom. The molecule has 0 saturated carbocycles. The molecule has 144 valence electrons. The van der Waals surface area contributed by atoms with Crippen LogP contribution in [0.1, 0.15) is 18.1 Å². The Bertz CT molecular complexity index is 834. The predicted molar refractivity (Wildman–Crippen MR) is 109 cm³/mol. The van der Waals surface area contributed by atoms with E-state index >= 15 is 0 Å². The largest absolute Gasteiger partial charge is 0.369 e. The van der Waals surface area contributed by atoms with Gasteiger partial charge in [0.05, 0.1) is 16.8 Å². The molecule has 4 nitrogen and oxygen atoms in total. The highest BCUT2D eigenvalue weighted by atomic mass is 35.5. The van der Waals surface area contributed by atoms with Gasteiger partial charge in [0.15, 0.2) is 0 Å². The summed E-state index contributed by atoms with van der Waals surface area (Å²) in [5.74, 6) is -0.558. The maximum absolute atomic E-state index is 13.2. The highest BCUT2D eigenvalue weighted by Crippen LogP contribution is 2.25. The van der Waals surface area contributed by atoms with E-state index in [1.807, 2.05) is 6.92 Å². The smallest absolute Gasteiger partial charge is 0.241 e. The van der Waals surface area contributed by atoms with Gasteiger partial charge in [-0.15, -0.1) is 0 Å². The van der Waals surface area contributed by atoms with Crippen molar-refractivity contribution < 1.29 is 9.18 Å². The number of piperazine rings is 1. The number of amides is 1. The van der Waals surface area contributed by atoms with Crippen LogP contribution in [0.15, 0.2) is 36.4 Å². The summed E-state index contributed by atoms with van der Waals surface area (Å²) < 4.78 is 13.2. The van der Waals surface area contributed by atoms with E-state index in [0.717, 1.165) is 26.2 Å². The first kappa shape index (κ1) is 19.6. The fraction of sp³-hybridized carbons (Fsp3) is 0.381. The van der Waals surface area contributed by atoms with Crippen molar-refractivity contribution in [3.63, 3.8) is 0 Å². The lowest BCUT2D eigenvalue weighted by molar-refractivity contribution is -0.120. The lowest BCUT2D eigenvalue weighted by Gasteiger charge is -2.39. The fourth-order valence-electron chi connectivity index (χ4n) is 3.42. The molecule has 2 aromatic carbocycles. The maximum atomic E-state index is 13.2. The fourth-order valence-corrected chi connectivity index (χ4v) is 3.64. The molecule has 1 atom stereocenters. The maximum Gasteiger partial charge on any atom is 0.241 e. The predicted octanol–water partition coefficient (Wildman–Crippen LogP) is 4.25. The first-order valence-electron chi connectivity index (χ1n) is 9.18. The van der Waals surface area contributed by atoms with Gasteiger partial charge in [-0.05, 0) is 56.2 Å². The molecule has 0 aliphatic carbocycles. The minimum atomic E-state index is -0.423. The van der Waals surface area contributed by atoms with E-state index in [4.69, 9.17) is 11.6 Å². The van der Waals surface area contributed by atoms with Gasteiger partial charge in [-0.3, -0.25) is 9.69 Å². The van der Waals surface area contributed by atoms with Gasteiger partial charge in [0.25, 0.3) is 0 Å². The van der Waals surface area contributed by atoms with E-state index in [0.29, 0.717) is 5.69 Å². The van der Waals surface area contributed by atoms with Crippen LogP contribution in [0.25, 0.3) is 0 Å². The van der Waals surface area contributed by atoms with Crippen molar-refractivity contribution in [3.8, 4) is 0 Å². The summed E-state index contributed by atoms with van der Waals surface area (Å²) in [5.41, 5.74) is 4.30. The molecule has 1 aliphatic heterocycles. The van der Waals surface area contributed by atoms with Gasteiger partial charge in [0.1, 0.15) is 5.82 Å². The molecule has 0 spiro atoms. The number of nitrogens with one attached hydrogen (secondary N) is 1. The second-order valence-electron chi connectivity index (χ2n) is 7.03. The number of halogens is 2. The van der Waals surface area contributed by atoms with Crippen molar-refractivity contribution in [2.24, 2.45) is 0 Å². The Morgan fingerprint density at radius 1 is 1.15 bits per heavy atom. The summed E-state index contributed by atoms with van der Waals surface area (Å²) in [4.78, 5) is 17.1. The van der Waals surface area contributed by atoms with E-state index in [1.54, 1.807) is 0 Å². The first-order chi connectivity index (χ1) is 12.9. The highest BCUT2D eigenvalue weighted by molar-refractivity contribution is 6.33. The Kier molecular flexibility index (Phi) is 6.02. The Labute approximate surface area is 164 Å². The van der Waals surface area contributed by atoms with Crippen molar-refractivity contribution in [2.75, 3.05) is 36.4 Å². The van der Waals surface area contributed by atoms with E-state index in [1.165, 1.54) is 35.0 Å². The highest BCUT2D eigenvalue weighted by Gasteiger charge is 2.26. The number of benzene rings is 2.